The van der Waals surface area contributed by atoms with E-state index in [1.54, 1.807) is 41.3 Å². The number of nitrogens with one attached hydrogen (secondary N) is 1. The number of morpholine rings is 1. The molecule has 0 aliphatic carbocycles. The molecule has 1 fully saturated rings. The van der Waals surface area contributed by atoms with Gasteiger partial charge in [0.05, 0.1) is 33.5 Å². The number of para-hydroxylation sites is 1. The lowest BCUT2D eigenvalue weighted by Crippen LogP contribution is -2.48. The molecule has 0 saturated carbocycles. The molecule has 0 radical (unpaired) electrons. The Kier molecular flexibility index (Phi) is 7.17. The lowest BCUT2D eigenvalue weighted by molar-refractivity contribution is -0.116. The number of ether oxygens (including phenoxy) is 1. The van der Waals surface area contributed by atoms with Gasteiger partial charge in [0.15, 0.2) is 0 Å². The molecule has 0 aromatic heterocycles. The number of hydrogen-bond donors (Lipinski definition) is 1. The first-order valence-electron chi connectivity index (χ1n) is 9.61. The fraction of sp³-hybridized carbons (Fsp3) is 0.364. The second kappa shape index (κ2) is 9.61. The number of hydrogen-bond acceptors (Lipinski definition) is 3. The number of anilines is 1. The van der Waals surface area contributed by atoms with Crippen molar-refractivity contribution in [1.82, 2.24) is 4.90 Å². The highest BCUT2D eigenvalue weighted by Crippen LogP contribution is 2.27. The van der Waals surface area contributed by atoms with Gasteiger partial charge in [-0.2, -0.15) is 0 Å². The third kappa shape index (κ3) is 5.50. The van der Waals surface area contributed by atoms with Gasteiger partial charge in [-0.3, -0.25) is 9.59 Å². The van der Waals surface area contributed by atoms with Crippen LogP contribution in [-0.4, -0.2) is 42.0 Å². The van der Waals surface area contributed by atoms with Crippen molar-refractivity contribution in [3.63, 3.8) is 0 Å². The van der Waals surface area contributed by atoms with E-state index >= 15 is 0 Å². The van der Waals surface area contributed by atoms with Crippen molar-refractivity contribution < 1.29 is 14.3 Å². The van der Waals surface area contributed by atoms with Crippen LogP contribution >= 0.6 is 23.2 Å². The lowest BCUT2D eigenvalue weighted by atomic mass is 10.1. The zero-order chi connectivity index (χ0) is 21.0. The normalized spacial score (nSPS) is 19.1. The van der Waals surface area contributed by atoms with E-state index in [1.165, 1.54) is 0 Å². The third-order valence-corrected chi connectivity index (χ3v) is 5.65. The summed E-state index contributed by atoms with van der Waals surface area (Å²) in [6.07, 6.45) is 0.646. The van der Waals surface area contributed by atoms with Crippen LogP contribution in [0.1, 0.15) is 36.2 Å². The third-order valence-electron chi connectivity index (χ3n) is 4.79. The van der Waals surface area contributed by atoms with Crippen LogP contribution in [0.4, 0.5) is 5.69 Å². The first kappa shape index (κ1) is 21.6. The summed E-state index contributed by atoms with van der Waals surface area (Å²) in [5.41, 5.74) is 1.80. The first-order valence-corrected chi connectivity index (χ1v) is 10.4. The molecule has 1 heterocycles. The van der Waals surface area contributed by atoms with Crippen LogP contribution in [-0.2, 0) is 16.0 Å². The molecule has 2 unspecified atom stereocenters. The molecule has 1 saturated heterocycles. The highest BCUT2D eigenvalue weighted by Gasteiger charge is 2.28. The summed E-state index contributed by atoms with van der Waals surface area (Å²) in [5.74, 6) is -0.300. The minimum Gasteiger partial charge on any atom is -0.372 e. The van der Waals surface area contributed by atoms with Crippen LogP contribution in [0.2, 0.25) is 10.0 Å². The molecule has 154 valence electrons. The number of halogens is 2. The minimum atomic E-state index is -0.190. The molecule has 7 heteroatoms. The minimum absolute atomic E-state index is 0.0214. The van der Waals surface area contributed by atoms with Gasteiger partial charge >= 0.3 is 0 Å². The van der Waals surface area contributed by atoms with E-state index in [9.17, 15) is 9.59 Å². The van der Waals surface area contributed by atoms with Gasteiger partial charge in [0.1, 0.15) is 0 Å². The van der Waals surface area contributed by atoms with Gasteiger partial charge in [0.2, 0.25) is 5.91 Å². The summed E-state index contributed by atoms with van der Waals surface area (Å²) in [7, 11) is 0. The fourth-order valence-corrected chi connectivity index (χ4v) is 3.91. The number of aryl methyl sites for hydroxylation is 1. The van der Waals surface area contributed by atoms with Crippen molar-refractivity contribution in [2.24, 2.45) is 0 Å². The van der Waals surface area contributed by atoms with E-state index in [-0.39, 0.29) is 30.4 Å². The van der Waals surface area contributed by atoms with Crippen LogP contribution in [0.5, 0.6) is 0 Å². The summed E-state index contributed by atoms with van der Waals surface area (Å²) in [6.45, 7) is 4.95. The summed E-state index contributed by atoms with van der Waals surface area (Å²) < 4.78 is 5.71. The van der Waals surface area contributed by atoms with Crippen molar-refractivity contribution in [1.29, 1.82) is 0 Å². The molecule has 2 amide bonds. The van der Waals surface area contributed by atoms with Gasteiger partial charge in [0, 0.05) is 19.5 Å². The van der Waals surface area contributed by atoms with Gasteiger partial charge in [-0.05, 0) is 44.0 Å². The highest BCUT2D eigenvalue weighted by molar-refractivity contribution is 6.42. The SMILES string of the molecule is CC1CN(C(=O)c2ccccc2NC(=O)CCc2cccc(Cl)c2Cl)CC(C)O1. The van der Waals surface area contributed by atoms with Crippen LogP contribution < -0.4 is 5.32 Å². The molecule has 1 aliphatic rings. The first-order chi connectivity index (χ1) is 13.8. The predicted octanol–water partition coefficient (Wildman–Crippen LogP) is 4.81. The van der Waals surface area contributed by atoms with E-state index in [1.807, 2.05) is 19.9 Å². The maximum absolute atomic E-state index is 13.0. The van der Waals surface area contributed by atoms with Gasteiger partial charge in [-0.1, -0.05) is 47.5 Å². The summed E-state index contributed by atoms with van der Waals surface area (Å²) in [5, 5.41) is 3.80. The Hall–Kier alpha value is -2.08. The Bertz CT molecular complexity index is 893. The molecule has 2 aromatic carbocycles. The van der Waals surface area contributed by atoms with Crippen LogP contribution in [0.3, 0.4) is 0 Å². The topological polar surface area (TPSA) is 58.6 Å². The monoisotopic (exact) mass is 434 g/mol. The van der Waals surface area contributed by atoms with E-state index in [0.29, 0.717) is 40.8 Å². The predicted molar refractivity (Wildman–Crippen MR) is 116 cm³/mol. The zero-order valence-electron chi connectivity index (χ0n) is 16.5. The van der Waals surface area contributed by atoms with Gasteiger partial charge in [-0.15, -0.1) is 0 Å². The Labute approximate surface area is 180 Å². The van der Waals surface area contributed by atoms with E-state index in [2.05, 4.69) is 5.32 Å². The number of benzene rings is 2. The second-order valence-corrected chi connectivity index (χ2v) is 8.06. The largest absolute Gasteiger partial charge is 0.372 e. The average Bonchev–Trinajstić information content (AvgIpc) is 2.68. The fourth-order valence-electron chi connectivity index (χ4n) is 3.50. The molecule has 2 atom stereocenters. The van der Waals surface area contributed by atoms with Crippen LogP contribution in [0.15, 0.2) is 42.5 Å². The van der Waals surface area contributed by atoms with E-state index in [4.69, 9.17) is 27.9 Å². The molecule has 0 bridgehead atoms. The molecule has 29 heavy (non-hydrogen) atoms. The smallest absolute Gasteiger partial charge is 0.256 e. The van der Waals surface area contributed by atoms with Gasteiger partial charge in [0.25, 0.3) is 5.91 Å². The number of amides is 2. The zero-order valence-corrected chi connectivity index (χ0v) is 18.0. The highest BCUT2D eigenvalue weighted by atomic mass is 35.5. The second-order valence-electron chi connectivity index (χ2n) is 7.27. The van der Waals surface area contributed by atoms with E-state index in [0.717, 1.165) is 5.56 Å². The number of rotatable bonds is 5. The van der Waals surface area contributed by atoms with Gasteiger partial charge < -0.3 is 15.0 Å². The summed E-state index contributed by atoms with van der Waals surface area (Å²) in [4.78, 5) is 27.3. The maximum atomic E-state index is 13.0. The molecule has 5 nitrogen and oxygen atoms in total. The van der Waals surface area contributed by atoms with Crippen LogP contribution in [0, 0.1) is 0 Å². The van der Waals surface area contributed by atoms with Crippen molar-refractivity contribution >= 4 is 40.7 Å². The number of nitrogens with zero attached hydrogens (tertiary/aromatic N) is 1. The van der Waals surface area contributed by atoms with Crippen molar-refractivity contribution in [3.8, 4) is 0 Å². The van der Waals surface area contributed by atoms with Crippen molar-refractivity contribution in [2.45, 2.75) is 38.9 Å². The van der Waals surface area contributed by atoms with E-state index < -0.39 is 0 Å². The standard InChI is InChI=1S/C22H24Cl2N2O3/c1-14-12-26(13-15(2)29-14)22(28)17-7-3-4-9-19(17)25-20(27)11-10-16-6-5-8-18(23)21(16)24/h3-9,14-15H,10-13H2,1-2H3,(H,25,27). The molecule has 1 N–H and O–H groups in total. The molecule has 0 spiro atoms. The molecular weight excluding hydrogens is 411 g/mol. The van der Waals surface area contributed by atoms with Crippen molar-refractivity contribution in [3.05, 3.63) is 63.6 Å². The van der Waals surface area contributed by atoms with Crippen molar-refractivity contribution in [2.75, 3.05) is 18.4 Å². The average molecular weight is 435 g/mol. The Morgan fingerprint density at radius 3 is 2.48 bits per heavy atom. The Morgan fingerprint density at radius 2 is 1.76 bits per heavy atom. The molecular formula is C22H24Cl2N2O3. The quantitative estimate of drug-likeness (QED) is 0.733. The molecule has 3 rings (SSSR count). The molecule has 2 aromatic rings. The summed E-state index contributed by atoms with van der Waals surface area (Å²) in [6, 6.07) is 12.4. The number of carbonyl (C=O) groups excluding carboxylic acids is 2. The summed E-state index contributed by atoms with van der Waals surface area (Å²) >= 11 is 12.2. The number of carbonyl (C=O) groups is 2. The Balaban J connectivity index is 1.68. The van der Waals surface area contributed by atoms with Gasteiger partial charge in [-0.25, -0.2) is 0 Å². The molecule has 1 aliphatic heterocycles. The Morgan fingerprint density at radius 1 is 1.07 bits per heavy atom. The lowest BCUT2D eigenvalue weighted by Gasteiger charge is -2.35. The van der Waals surface area contributed by atoms with Crippen LogP contribution in [0.25, 0.3) is 0 Å². The maximum Gasteiger partial charge on any atom is 0.256 e.